The summed E-state index contributed by atoms with van der Waals surface area (Å²) in [6.07, 6.45) is 1.46. The van der Waals surface area contributed by atoms with Gasteiger partial charge in [-0.3, -0.25) is 15.6 Å². The topological polar surface area (TPSA) is 66.1 Å². The third-order valence-electron chi connectivity index (χ3n) is 2.57. The van der Waals surface area contributed by atoms with Gasteiger partial charge in [-0.1, -0.05) is 41.9 Å². The number of pyridine rings is 1. The summed E-state index contributed by atoms with van der Waals surface area (Å²) in [5.74, 6) is -0.344. The zero-order chi connectivity index (χ0) is 15.1. The number of hydrogen-bond donors (Lipinski definition) is 3. The molecule has 21 heavy (non-hydrogen) atoms. The minimum Gasteiger partial charge on any atom is -0.357 e. The number of nitrogens with zero attached hydrogens (tertiary/aromatic N) is 1. The number of benzene rings is 1. The quantitative estimate of drug-likeness (QED) is 0.459. The predicted molar refractivity (Wildman–Crippen MR) is 85.7 cm³/mol. The van der Waals surface area contributed by atoms with Gasteiger partial charge in [0.05, 0.1) is 0 Å². The van der Waals surface area contributed by atoms with E-state index < -0.39 is 0 Å². The van der Waals surface area contributed by atoms with Gasteiger partial charge in [0, 0.05) is 18.3 Å². The molecular formula is C14H13ClN4OS. The minimum absolute atomic E-state index is 0.257. The molecule has 1 heterocycles. The molecule has 5 nitrogen and oxygen atoms in total. The summed E-state index contributed by atoms with van der Waals surface area (Å²) in [6.45, 7) is 0.573. The largest absolute Gasteiger partial charge is 0.357 e. The summed E-state index contributed by atoms with van der Waals surface area (Å²) in [6, 6.07) is 12.8. The highest BCUT2D eigenvalue weighted by Gasteiger charge is 2.06. The normalized spacial score (nSPS) is 9.76. The fourth-order valence-corrected chi connectivity index (χ4v) is 1.85. The number of hydrazine groups is 1. The Kier molecular flexibility index (Phi) is 5.48. The molecule has 0 fully saturated rings. The van der Waals surface area contributed by atoms with Crippen molar-refractivity contribution in [3.63, 3.8) is 0 Å². The third kappa shape index (κ3) is 5.02. The van der Waals surface area contributed by atoms with Crippen LogP contribution in [-0.2, 0) is 6.54 Å². The van der Waals surface area contributed by atoms with E-state index in [1.165, 1.54) is 12.3 Å². The van der Waals surface area contributed by atoms with Crippen LogP contribution in [0.5, 0.6) is 0 Å². The van der Waals surface area contributed by atoms with Crippen molar-refractivity contribution in [1.29, 1.82) is 0 Å². The van der Waals surface area contributed by atoms with E-state index in [1.807, 2.05) is 30.3 Å². The summed E-state index contributed by atoms with van der Waals surface area (Å²) < 4.78 is 0. The Labute approximate surface area is 132 Å². The maximum atomic E-state index is 11.8. The van der Waals surface area contributed by atoms with Gasteiger partial charge in [-0.15, -0.1) is 0 Å². The standard InChI is InChI=1S/C14H13ClN4OS/c15-12-8-11(6-7-16-12)13(20)18-19-14(21)17-9-10-4-2-1-3-5-10/h1-8H,9H2,(H,18,20)(H2,17,19,21). The van der Waals surface area contributed by atoms with Crippen LogP contribution in [0.1, 0.15) is 15.9 Å². The Morgan fingerprint density at radius 1 is 1.19 bits per heavy atom. The van der Waals surface area contributed by atoms with E-state index in [9.17, 15) is 4.79 Å². The molecule has 0 radical (unpaired) electrons. The monoisotopic (exact) mass is 320 g/mol. The second-order valence-electron chi connectivity index (χ2n) is 4.11. The number of rotatable bonds is 3. The lowest BCUT2D eigenvalue weighted by Gasteiger charge is -2.11. The molecule has 0 saturated carbocycles. The molecule has 0 saturated heterocycles. The average molecular weight is 321 g/mol. The molecule has 0 spiro atoms. The van der Waals surface area contributed by atoms with E-state index in [4.69, 9.17) is 23.8 Å². The molecule has 0 aliphatic heterocycles. The lowest BCUT2D eigenvalue weighted by atomic mass is 10.2. The lowest BCUT2D eigenvalue weighted by Crippen LogP contribution is -2.46. The van der Waals surface area contributed by atoms with Gasteiger partial charge >= 0.3 is 0 Å². The average Bonchev–Trinajstić information content (AvgIpc) is 2.51. The maximum Gasteiger partial charge on any atom is 0.269 e. The van der Waals surface area contributed by atoms with Gasteiger partial charge in [0.25, 0.3) is 5.91 Å². The minimum atomic E-state index is -0.344. The number of thiocarbonyl (C=S) groups is 1. The molecule has 3 N–H and O–H groups in total. The SMILES string of the molecule is O=C(NNC(=S)NCc1ccccc1)c1ccnc(Cl)c1. The van der Waals surface area contributed by atoms with Crippen LogP contribution >= 0.6 is 23.8 Å². The Bertz CT molecular complexity index is 636. The van der Waals surface area contributed by atoms with Crippen LogP contribution in [0.4, 0.5) is 0 Å². The summed E-state index contributed by atoms with van der Waals surface area (Å²) >= 11 is 10.8. The van der Waals surface area contributed by atoms with E-state index >= 15 is 0 Å². The van der Waals surface area contributed by atoms with Crippen molar-refractivity contribution >= 4 is 34.8 Å². The van der Waals surface area contributed by atoms with Crippen LogP contribution in [0.25, 0.3) is 0 Å². The third-order valence-corrected chi connectivity index (χ3v) is 3.03. The van der Waals surface area contributed by atoms with Gasteiger partial charge in [-0.05, 0) is 29.9 Å². The number of amides is 1. The van der Waals surface area contributed by atoms with Crippen molar-refractivity contribution in [2.45, 2.75) is 6.54 Å². The molecule has 2 aromatic rings. The molecule has 1 aromatic heterocycles. The first-order valence-corrected chi connectivity index (χ1v) is 6.93. The Balaban J connectivity index is 1.77. The van der Waals surface area contributed by atoms with Crippen molar-refractivity contribution in [3.05, 3.63) is 64.9 Å². The van der Waals surface area contributed by atoms with Crippen molar-refractivity contribution in [3.8, 4) is 0 Å². The molecule has 0 unspecified atom stereocenters. The summed E-state index contributed by atoms with van der Waals surface area (Å²) in [5.41, 5.74) is 6.60. The van der Waals surface area contributed by atoms with Crippen LogP contribution in [-0.4, -0.2) is 16.0 Å². The lowest BCUT2D eigenvalue weighted by molar-refractivity contribution is 0.0943. The highest BCUT2D eigenvalue weighted by atomic mass is 35.5. The van der Waals surface area contributed by atoms with Crippen molar-refractivity contribution in [2.75, 3.05) is 0 Å². The first-order chi connectivity index (χ1) is 10.1. The van der Waals surface area contributed by atoms with Crippen LogP contribution in [0, 0.1) is 0 Å². The van der Waals surface area contributed by atoms with Crippen molar-refractivity contribution in [2.24, 2.45) is 0 Å². The maximum absolute atomic E-state index is 11.8. The molecule has 0 aliphatic rings. The Morgan fingerprint density at radius 2 is 1.95 bits per heavy atom. The number of aromatic nitrogens is 1. The predicted octanol–water partition coefficient (Wildman–Crippen LogP) is 2.04. The molecule has 0 atom stereocenters. The van der Waals surface area contributed by atoms with E-state index in [2.05, 4.69) is 21.2 Å². The molecule has 1 amide bonds. The summed E-state index contributed by atoms with van der Waals surface area (Å²) in [4.78, 5) is 15.6. The smallest absolute Gasteiger partial charge is 0.269 e. The number of carbonyl (C=O) groups excluding carboxylic acids is 1. The van der Waals surface area contributed by atoms with Crippen molar-refractivity contribution < 1.29 is 4.79 Å². The molecular weight excluding hydrogens is 308 g/mol. The number of hydrogen-bond acceptors (Lipinski definition) is 3. The van der Waals surface area contributed by atoms with Gasteiger partial charge in [0.15, 0.2) is 5.11 Å². The van der Waals surface area contributed by atoms with Crippen molar-refractivity contribution in [1.82, 2.24) is 21.2 Å². The molecule has 0 aliphatic carbocycles. The Hall–Kier alpha value is -2.18. The van der Waals surface area contributed by atoms with Gasteiger partial charge < -0.3 is 5.32 Å². The number of nitrogens with one attached hydrogen (secondary N) is 3. The Morgan fingerprint density at radius 3 is 2.67 bits per heavy atom. The first kappa shape index (κ1) is 15.2. The number of halogens is 1. The molecule has 0 bridgehead atoms. The zero-order valence-corrected chi connectivity index (χ0v) is 12.5. The van der Waals surface area contributed by atoms with Crippen LogP contribution < -0.4 is 16.2 Å². The molecule has 1 aromatic carbocycles. The van der Waals surface area contributed by atoms with E-state index in [-0.39, 0.29) is 11.1 Å². The van der Waals surface area contributed by atoms with Gasteiger partial charge in [0.2, 0.25) is 0 Å². The second-order valence-corrected chi connectivity index (χ2v) is 4.91. The molecule has 7 heteroatoms. The van der Waals surface area contributed by atoms with E-state index in [0.29, 0.717) is 17.2 Å². The molecule has 108 valence electrons. The van der Waals surface area contributed by atoms with Gasteiger partial charge in [-0.2, -0.15) is 0 Å². The van der Waals surface area contributed by atoms with Crippen LogP contribution in [0.2, 0.25) is 5.15 Å². The fourth-order valence-electron chi connectivity index (χ4n) is 1.55. The molecule has 2 rings (SSSR count). The highest BCUT2D eigenvalue weighted by Crippen LogP contribution is 2.06. The van der Waals surface area contributed by atoms with Gasteiger partial charge in [0.1, 0.15) is 5.15 Å². The number of carbonyl (C=O) groups is 1. The van der Waals surface area contributed by atoms with Gasteiger partial charge in [-0.25, -0.2) is 4.98 Å². The second kappa shape index (κ2) is 7.56. The van der Waals surface area contributed by atoms with E-state index in [1.54, 1.807) is 6.07 Å². The van der Waals surface area contributed by atoms with Crippen LogP contribution in [0.3, 0.4) is 0 Å². The highest BCUT2D eigenvalue weighted by molar-refractivity contribution is 7.80. The fraction of sp³-hybridized carbons (Fsp3) is 0.0714. The first-order valence-electron chi connectivity index (χ1n) is 6.15. The summed E-state index contributed by atoms with van der Waals surface area (Å²) in [7, 11) is 0. The van der Waals surface area contributed by atoms with Crippen LogP contribution in [0.15, 0.2) is 48.7 Å². The summed E-state index contributed by atoms with van der Waals surface area (Å²) in [5, 5.41) is 3.57. The van der Waals surface area contributed by atoms with E-state index in [0.717, 1.165) is 5.56 Å². The zero-order valence-electron chi connectivity index (χ0n) is 11.0.